The zero-order valence-electron chi connectivity index (χ0n) is 16.1. The van der Waals surface area contributed by atoms with Crippen LogP contribution in [0.4, 0.5) is 11.4 Å². The molecule has 4 rings (SSSR count). The number of fused-ring (bicyclic) bond motifs is 1. The molecule has 0 unspecified atom stereocenters. The van der Waals surface area contributed by atoms with Gasteiger partial charge in [0.1, 0.15) is 11.5 Å². The molecule has 6 heteroatoms. The van der Waals surface area contributed by atoms with Gasteiger partial charge in [0.15, 0.2) is 0 Å². The van der Waals surface area contributed by atoms with Gasteiger partial charge < -0.3 is 20.1 Å². The lowest BCUT2D eigenvalue weighted by Crippen LogP contribution is -2.46. The molecule has 0 bridgehead atoms. The van der Waals surface area contributed by atoms with Crippen LogP contribution in [0.1, 0.15) is 18.4 Å². The van der Waals surface area contributed by atoms with E-state index in [2.05, 4.69) is 15.1 Å². The second kappa shape index (κ2) is 8.52. The van der Waals surface area contributed by atoms with Crippen molar-refractivity contribution in [3.63, 3.8) is 0 Å². The first-order valence-corrected chi connectivity index (χ1v) is 9.99. The van der Waals surface area contributed by atoms with Crippen LogP contribution in [0.3, 0.4) is 0 Å². The highest BCUT2D eigenvalue weighted by molar-refractivity contribution is 5.94. The Morgan fingerprint density at radius 3 is 2.71 bits per heavy atom. The summed E-state index contributed by atoms with van der Waals surface area (Å²) in [5.41, 5.74) is 3.15. The van der Waals surface area contributed by atoms with E-state index in [0.717, 1.165) is 62.7 Å². The van der Waals surface area contributed by atoms with Gasteiger partial charge in [0.05, 0.1) is 6.61 Å². The van der Waals surface area contributed by atoms with Crippen LogP contribution < -0.4 is 15.0 Å². The summed E-state index contributed by atoms with van der Waals surface area (Å²) in [5, 5.41) is 12.6. The van der Waals surface area contributed by atoms with Crippen LogP contribution in [0.2, 0.25) is 0 Å². The molecule has 148 valence electrons. The van der Waals surface area contributed by atoms with E-state index < -0.39 is 0 Å². The maximum atomic E-state index is 11.5. The summed E-state index contributed by atoms with van der Waals surface area (Å²) in [6.45, 7) is 5.64. The van der Waals surface area contributed by atoms with Gasteiger partial charge in [-0.3, -0.25) is 9.69 Å². The second-order valence-corrected chi connectivity index (χ2v) is 7.42. The number of nitrogens with one attached hydrogen (secondary N) is 1. The molecule has 2 aliphatic rings. The average Bonchev–Trinajstić information content (AvgIpc) is 2.71. The Kier molecular flexibility index (Phi) is 5.67. The van der Waals surface area contributed by atoms with E-state index in [0.29, 0.717) is 18.8 Å². The number of amides is 1. The van der Waals surface area contributed by atoms with Gasteiger partial charge in [0.2, 0.25) is 5.91 Å². The van der Waals surface area contributed by atoms with Crippen molar-refractivity contribution >= 4 is 17.3 Å². The third-order valence-electron chi connectivity index (χ3n) is 5.43. The minimum atomic E-state index is 0.0782. The van der Waals surface area contributed by atoms with E-state index >= 15 is 0 Å². The van der Waals surface area contributed by atoms with Gasteiger partial charge in [-0.2, -0.15) is 0 Å². The van der Waals surface area contributed by atoms with Crippen LogP contribution in [0.25, 0.3) is 0 Å². The molecule has 0 radical (unpaired) electrons. The normalized spacial score (nSPS) is 17.1. The Bertz CT molecular complexity index is 832. The summed E-state index contributed by atoms with van der Waals surface area (Å²) < 4.78 is 5.89. The van der Waals surface area contributed by atoms with Gasteiger partial charge in [-0.15, -0.1) is 0 Å². The van der Waals surface area contributed by atoms with Gasteiger partial charge in [0.25, 0.3) is 0 Å². The second-order valence-electron chi connectivity index (χ2n) is 7.42. The Morgan fingerprint density at radius 1 is 1.04 bits per heavy atom. The topological polar surface area (TPSA) is 65.0 Å². The maximum Gasteiger partial charge on any atom is 0.224 e. The monoisotopic (exact) mass is 381 g/mol. The highest BCUT2D eigenvalue weighted by Crippen LogP contribution is 2.27. The minimum absolute atomic E-state index is 0.0782. The van der Waals surface area contributed by atoms with Crippen LogP contribution >= 0.6 is 0 Å². The third-order valence-corrected chi connectivity index (χ3v) is 5.43. The minimum Gasteiger partial charge on any atom is -0.508 e. The van der Waals surface area contributed by atoms with E-state index in [1.165, 1.54) is 5.56 Å². The van der Waals surface area contributed by atoms with E-state index in [4.69, 9.17) is 4.74 Å². The molecule has 28 heavy (non-hydrogen) atoms. The zero-order valence-corrected chi connectivity index (χ0v) is 16.1. The van der Waals surface area contributed by atoms with Crippen molar-refractivity contribution in [1.29, 1.82) is 0 Å². The number of hydrogen-bond acceptors (Lipinski definition) is 5. The molecule has 0 atom stereocenters. The number of anilines is 2. The van der Waals surface area contributed by atoms with Crippen molar-refractivity contribution in [2.75, 3.05) is 49.5 Å². The lowest BCUT2D eigenvalue weighted by atomic mass is 10.0. The number of carbonyl (C=O) groups excluding carboxylic acids is 1. The first kappa shape index (κ1) is 18.6. The number of ether oxygens (including phenoxy) is 1. The highest BCUT2D eigenvalue weighted by Gasteiger charge is 2.17. The Hall–Kier alpha value is -2.73. The molecular formula is C22H27N3O3. The van der Waals surface area contributed by atoms with Crippen LogP contribution in [0, 0.1) is 0 Å². The van der Waals surface area contributed by atoms with Gasteiger partial charge in [-0.25, -0.2) is 0 Å². The molecule has 6 nitrogen and oxygen atoms in total. The number of aromatic hydroxyl groups is 1. The van der Waals surface area contributed by atoms with Crippen molar-refractivity contribution in [3.8, 4) is 11.5 Å². The van der Waals surface area contributed by atoms with Gasteiger partial charge in [0, 0.05) is 62.7 Å². The molecule has 0 aromatic heterocycles. The van der Waals surface area contributed by atoms with Gasteiger partial charge in [-0.1, -0.05) is 12.1 Å². The van der Waals surface area contributed by atoms with Crippen molar-refractivity contribution in [2.24, 2.45) is 0 Å². The Morgan fingerprint density at radius 2 is 1.89 bits per heavy atom. The lowest BCUT2D eigenvalue weighted by Gasteiger charge is -2.36. The molecule has 1 saturated heterocycles. The fraction of sp³-hybridized carbons (Fsp3) is 0.409. The molecule has 2 N–H and O–H groups in total. The summed E-state index contributed by atoms with van der Waals surface area (Å²) in [4.78, 5) is 16.3. The molecule has 1 fully saturated rings. The number of phenols is 1. The number of piperazine rings is 1. The van der Waals surface area contributed by atoms with Crippen molar-refractivity contribution in [3.05, 3.63) is 48.0 Å². The Labute approximate surface area is 165 Å². The maximum absolute atomic E-state index is 11.5. The number of benzene rings is 2. The molecule has 0 spiro atoms. The molecule has 0 saturated carbocycles. The van der Waals surface area contributed by atoms with Crippen molar-refractivity contribution in [1.82, 2.24) is 4.90 Å². The summed E-state index contributed by atoms with van der Waals surface area (Å²) in [6, 6.07) is 13.4. The summed E-state index contributed by atoms with van der Waals surface area (Å²) in [7, 11) is 0. The predicted molar refractivity (Wildman–Crippen MR) is 110 cm³/mol. The number of hydrogen-bond donors (Lipinski definition) is 2. The number of carbonyl (C=O) groups is 1. The largest absolute Gasteiger partial charge is 0.508 e. The van der Waals surface area contributed by atoms with Crippen LogP contribution in [0.5, 0.6) is 11.5 Å². The molecule has 2 aromatic rings. The molecule has 2 heterocycles. The van der Waals surface area contributed by atoms with Crippen molar-refractivity contribution in [2.45, 2.75) is 19.3 Å². The number of nitrogens with zero attached hydrogens (tertiary/aromatic N) is 2. The summed E-state index contributed by atoms with van der Waals surface area (Å²) >= 11 is 0. The van der Waals surface area contributed by atoms with Crippen LogP contribution in [-0.4, -0.2) is 55.2 Å². The predicted octanol–water partition coefficient (Wildman–Crippen LogP) is 2.87. The lowest BCUT2D eigenvalue weighted by molar-refractivity contribution is -0.116. The molecule has 0 aliphatic carbocycles. The standard InChI is InChI=1S/C22H27N3O3/c26-19-4-1-3-18(15-19)25-12-10-24(11-13-25)9-2-14-28-20-7-5-17-6-8-22(27)23-21(17)16-20/h1,3-5,7,15-16,26H,2,6,8-14H2,(H,23,27). The average molecular weight is 381 g/mol. The molecule has 2 aromatic carbocycles. The van der Waals surface area contributed by atoms with E-state index in [9.17, 15) is 9.90 Å². The first-order valence-electron chi connectivity index (χ1n) is 9.99. The molecule has 1 amide bonds. The number of phenolic OH excluding ortho intramolecular Hbond substituents is 1. The third kappa shape index (κ3) is 4.57. The van der Waals surface area contributed by atoms with E-state index in [1.54, 1.807) is 6.07 Å². The zero-order chi connectivity index (χ0) is 19.3. The van der Waals surface area contributed by atoms with E-state index in [1.807, 2.05) is 36.4 Å². The SMILES string of the molecule is O=C1CCc2ccc(OCCCN3CCN(c4cccc(O)c4)CC3)cc2N1. The Balaban J connectivity index is 1.18. The van der Waals surface area contributed by atoms with Crippen LogP contribution in [0.15, 0.2) is 42.5 Å². The summed E-state index contributed by atoms with van der Waals surface area (Å²) in [6.07, 6.45) is 2.33. The summed E-state index contributed by atoms with van der Waals surface area (Å²) in [5.74, 6) is 1.21. The fourth-order valence-electron chi connectivity index (χ4n) is 3.84. The fourth-order valence-corrected chi connectivity index (χ4v) is 3.84. The van der Waals surface area contributed by atoms with E-state index in [-0.39, 0.29) is 5.91 Å². The number of aryl methyl sites for hydroxylation is 1. The highest BCUT2D eigenvalue weighted by atomic mass is 16.5. The van der Waals surface area contributed by atoms with Gasteiger partial charge >= 0.3 is 0 Å². The first-order chi connectivity index (χ1) is 13.7. The van der Waals surface area contributed by atoms with Gasteiger partial charge in [-0.05, 0) is 36.6 Å². The van der Waals surface area contributed by atoms with Crippen molar-refractivity contribution < 1.29 is 14.6 Å². The number of rotatable bonds is 6. The molecule has 2 aliphatic heterocycles. The quantitative estimate of drug-likeness (QED) is 0.754. The van der Waals surface area contributed by atoms with Crippen LogP contribution in [-0.2, 0) is 11.2 Å². The smallest absolute Gasteiger partial charge is 0.224 e. The molecular weight excluding hydrogens is 354 g/mol.